The van der Waals surface area contributed by atoms with Crippen LogP contribution in [-0.2, 0) is 0 Å². The molecule has 1 saturated heterocycles. The van der Waals surface area contributed by atoms with Crippen molar-refractivity contribution in [2.75, 3.05) is 13.1 Å². The zero-order valence-corrected chi connectivity index (χ0v) is 13.6. The number of nitrogens with zero attached hydrogens (tertiary/aromatic N) is 2. The Labute approximate surface area is 137 Å². The Morgan fingerprint density at radius 1 is 0.957 bits per heavy atom. The van der Waals surface area contributed by atoms with E-state index in [1.807, 2.05) is 4.90 Å². The largest absolute Gasteiger partial charge is 0.349 e. The molecule has 0 unspecified atom stereocenters. The van der Waals surface area contributed by atoms with Gasteiger partial charge in [-0.3, -0.25) is 14.6 Å². The quantitative estimate of drug-likeness (QED) is 0.933. The summed E-state index contributed by atoms with van der Waals surface area (Å²) >= 11 is 0. The topological polar surface area (TPSA) is 62.3 Å². The molecule has 3 rings (SSSR count). The zero-order valence-electron chi connectivity index (χ0n) is 13.6. The highest BCUT2D eigenvalue weighted by Crippen LogP contribution is 2.18. The summed E-state index contributed by atoms with van der Waals surface area (Å²) in [7, 11) is 0. The third kappa shape index (κ3) is 4.09. The lowest BCUT2D eigenvalue weighted by molar-refractivity contribution is 0.0761. The number of pyridine rings is 1. The third-order valence-corrected chi connectivity index (χ3v) is 4.83. The summed E-state index contributed by atoms with van der Waals surface area (Å²) in [5, 5.41) is 3.05. The number of amides is 2. The van der Waals surface area contributed by atoms with Gasteiger partial charge < -0.3 is 10.2 Å². The highest BCUT2D eigenvalue weighted by molar-refractivity contribution is 5.99. The zero-order chi connectivity index (χ0) is 16.1. The first-order valence-corrected chi connectivity index (χ1v) is 8.79. The van der Waals surface area contributed by atoms with Crippen molar-refractivity contribution in [3.8, 4) is 0 Å². The Morgan fingerprint density at radius 3 is 2.30 bits per heavy atom. The van der Waals surface area contributed by atoms with Gasteiger partial charge in [-0.25, -0.2) is 0 Å². The number of hydrogen-bond donors (Lipinski definition) is 1. The van der Waals surface area contributed by atoms with Gasteiger partial charge in [-0.05, 0) is 31.7 Å². The van der Waals surface area contributed by atoms with Crippen LogP contribution >= 0.6 is 0 Å². The Hall–Kier alpha value is -1.91. The summed E-state index contributed by atoms with van der Waals surface area (Å²) in [6, 6.07) is 1.96. The van der Waals surface area contributed by atoms with Crippen LogP contribution in [0.4, 0.5) is 0 Å². The summed E-state index contributed by atoms with van der Waals surface area (Å²) in [5.41, 5.74) is 1.00. The van der Waals surface area contributed by atoms with Crippen molar-refractivity contribution < 1.29 is 9.59 Å². The molecule has 23 heavy (non-hydrogen) atoms. The summed E-state index contributed by atoms with van der Waals surface area (Å²) in [4.78, 5) is 31.0. The van der Waals surface area contributed by atoms with Crippen LogP contribution in [0.2, 0.25) is 0 Å². The molecule has 0 bridgehead atoms. The molecule has 2 heterocycles. The van der Waals surface area contributed by atoms with Gasteiger partial charge in [0.1, 0.15) is 0 Å². The molecular formula is C18H25N3O2. The van der Waals surface area contributed by atoms with E-state index >= 15 is 0 Å². The SMILES string of the molecule is O=C(NC1CCCC1)c1cncc(C(=O)N2CCCCCC2)c1. The normalized spacial score (nSPS) is 19.4. The van der Waals surface area contributed by atoms with E-state index in [9.17, 15) is 9.59 Å². The van der Waals surface area contributed by atoms with Crippen molar-refractivity contribution in [1.29, 1.82) is 0 Å². The van der Waals surface area contributed by atoms with Crippen molar-refractivity contribution >= 4 is 11.8 Å². The second-order valence-electron chi connectivity index (χ2n) is 6.62. The lowest BCUT2D eigenvalue weighted by atomic mass is 10.1. The number of aromatic nitrogens is 1. The average molecular weight is 315 g/mol. The van der Waals surface area contributed by atoms with Crippen LogP contribution in [0.1, 0.15) is 72.1 Å². The fraction of sp³-hybridized carbons (Fsp3) is 0.611. The molecule has 124 valence electrons. The van der Waals surface area contributed by atoms with Crippen LogP contribution in [0.25, 0.3) is 0 Å². The first-order chi connectivity index (χ1) is 11.2. The molecule has 5 nitrogen and oxygen atoms in total. The van der Waals surface area contributed by atoms with Gasteiger partial charge in [0.05, 0.1) is 11.1 Å². The summed E-state index contributed by atoms with van der Waals surface area (Å²) in [5.74, 6) is -0.121. The molecule has 1 aromatic rings. The van der Waals surface area contributed by atoms with Crippen LogP contribution in [0, 0.1) is 0 Å². The maximum atomic E-state index is 12.6. The fourth-order valence-corrected chi connectivity index (χ4v) is 3.48. The molecule has 2 fully saturated rings. The van der Waals surface area contributed by atoms with Gasteiger partial charge in [-0.1, -0.05) is 25.7 Å². The lowest BCUT2D eigenvalue weighted by Gasteiger charge is -2.20. The average Bonchev–Trinajstić information content (AvgIpc) is 2.94. The van der Waals surface area contributed by atoms with Crippen LogP contribution in [-0.4, -0.2) is 40.8 Å². The van der Waals surface area contributed by atoms with Crippen LogP contribution in [0.5, 0.6) is 0 Å². The first kappa shape index (κ1) is 16.0. The number of nitrogens with one attached hydrogen (secondary N) is 1. The van der Waals surface area contributed by atoms with E-state index in [-0.39, 0.29) is 17.9 Å². The van der Waals surface area contributed by atoms with Crippen LogP contribution < -0.4 is 5.32 Å². The monoisotopic (exact) mass is 315 g/mol. The number of hydrogen-bond acceptors (Lipinski definition) is 3. The van der Waals surface area contributed by atoms with E-state index in [1.54, 1.807) is 18.5 Å². The minimum Gasteiger partial charge on any atom is -0.349 e. The van der Waals surface area contributed by atoms with Gasteiger partial charge in [0.2, 0.25) is 0 Å². The molecule has 1 saturated carbocycles. The predicted octanol–water partition coefficient (Wildman–Crippen LogP) is 2.77. The Morgan fingerprint density at radius 2 is 1.61 bits per heavy atom. The van der Waals surface area contributed by atoms with Gasteiger partial charge >= 0.3 is 0 Å². The molecule has 0 radical (unpaired) electrons. The standard InChI is InChI=1S/C18H25N3O2/c22-17(20-16-7-3-4-8-16)14-11-15(13-19-12-14)18(23)21-9-5-1-2-6-10-21/h11-13,16H,1-10H2,(H,20,22). The van der Waals surface area contributed by atoms with E-state index in [1.165, 1.54) is 25.7 Å². The molecule has 5 heteroatoms. The van der Waals surface area contributed by atoms with Crippen molar-refractivity contribution in [3.05, 3.63) is 29.6 Å². The van der Waals surface area contributed by atoms with Crippen molar-refractivity contribution in [2.24, 2.45) is 0 Å². The van der Waals surface area contributed by atoms with E-state index < -0.39 is 0 Å². The highest BCUT2D eigenvalue weighted by atomic mass is 16.2. The van der Waals surface area contributed by atoms with Gasteiger partial charge in [0, 0.05) is 31.5 Å². The molecule has 1 aliphatic heterocycles. The molecule has 0 atom stereocenters. The van der Waals surface area contributed by atoms with Crippen LogP contribution in [0.15, 0.2) is 18.5 Å². The minimum absolute atomic E-state index is 0.00471. The molecule has 1 aromatic heterocycles. The van der Waals surface area contributed by atoms with Crippen molar-refractivity contribution in [1.82, 2.24) is 15.2 Å². The Kier molecular flexibility index (Phi) is 5.26. The smallest absolute Gasteiger partial charge is 0.255 e. The predicted molar refractivity (Wildman–Crippen MR) is 88.3 cm³/mol. The highest BCUT2D eigenvalue weighted by Gasteiger charge is 2.21. The first-order valence-electron chi connectivity index (χ1n) is 8.79. The number of carbonyl (C=O) groups excluding carboxylic acids is 2. The molecule has 0 spiro atoms. The van der Waals surface area contributed by atoms with Crippen molar-refractivity contribution in [3.63, 3.8) is 0 Å². The molecule has 1 aliphatic carbocycles. The third-order valence-electron chi connectivity index (χ3n) is 4.83. The maximum Gasteiger partial charge on any atom is 0.255 e. The molecular weight excluding hydrogens is 290 g/mol. The molecule has 0 aromatic carbocycles. The number of likely N-dealkylation sites (tertiary alicyclic amines) is 1. The maximum absolute atomic E-state index is 12.6. The van der Waals surface area contributed by atoms with Crippen molar-refractivity contribution in [2.45, 2.75) is 57.4 Å². The fourth-order valence-electron chi connectivity index (χ4n) is 3.48. The molecule has 2 aliphatic rings. The Balaban J connectivity index is 1.68. The number of rotatable bonds is 3. The summed E-state index contributed by atoms with van der Waals surface area (Å²) in [6.07, 6.45) is 12.0. The second-order valence-corrected chi connectivity index (χ2v) is 6.62. The lowest BCUT2D eigenvalue weighted by Crippen LogP contribution is -2.34. The number of carbonyl (C=O) groups is 2. The summed E-state index contributed by atoms with van der Waals surface area (Å²) < 4.78 is 0. The molecule has 2 amide bonds. The van der Waals surface area contributed by atoms with Gasteiger partial charge in [-0.15, -0.1) is 0 Å². The minimum atomic E-state index is -0.116. The molecule has 1 N–H and O–H groups in total. The van der Waals surface area contributed by atoms with E-state index in [0.29, 0.717) is 11.1 Å². The Bertz CT molecular complexity index is 559. The van der Waals surface area contributed by atoms with E-state index in [0.717, 1.165) is 38.8 Å². The van der Waals surface area contributed by atoms with Gasteiger partial charge in [0.15, 0.2) is 0 Å². The van der Waals surface area contributed by atoms with E-state index in [4.69, 9.17) is 0 Å². The van der Waals surface area contributed by atoms with E-state index in [2.05, 4.69) is 10.3 Å². The van der Waals surface area contributed by atoms with Crippen LogP contribution in [0.3, 0.4) is 0 Å². The van der Waals surface area contributed by atoms with Gasteiger partial charge in [-0.2, -0.15) is 0 Å². The second kappa shape index (κ2) is 7.57. The van der Waals surface area contributed by atoms with Gasteiger partial charge in [0.25, 0.3) is 11.8 Å². The summed E-state index contributed by atoms with van der Waals surface area (Å²) in [6.45, 7) is 1.61.